The molecule has 0 aromatic heterocycles. The normalized spacial score (nSPS) is 17.2. The molecule has 1 heterocycles. The molecule has 1 amide bonds. The molecule has 2 aromatic carbocycles. The van der Waals surface area contributed by atoms with E-state index in [-0.39, 0.29) is 17.0 Å². The van der Waals surface area contributed by atoms with Crippen LogP contribution in [0.4, 0.5) is 0 Å². The number of rotatable bonds is 2. The molecular formula is C15H13NO3S. The van der Waals surface area contributed by atoms with Crippen LogP contribution in [0.2, 0.25) is 0 Å². The molecule has 0 spiro atoms. The Labute approximate surface area is 120 Å². The van der Waals surface area contributed by atoms with Gasteiger partial charge < -0.3 is 15.2 Å². The highest BCUT2D eigenvalue weighted by Gasteiger charge is 2.26. The molecule has 0 fully saturated rings. The number of methoxy groups -OCH3 is 1. The summed E-state index contributed by atoms with van der Waals surface area (Å²) in [6, 6.07) is 12.5. The van der Waals surface area contributed by atoms with E-state index in [1.807, 2.05) is 24.3 Å². The molecule has 1 aliphatic rings. The number of carbonyl (C=O) groups is 1. The predicted octanol–water partition coefficient (Wildman–Crippen LogP) is 2.94. The largest absolute Gasteiger partial charge is 0.508 e. The minimum Gasteiger partial charge on any atom is -0.508 e. The van der Waals surface area contributed by atoms with Gasteiger partial charge in [0.25, 0.3) is 5.91 Å². The number of phenols is 1. The molecule has 0 radical (unpaired) electrons. The van der Waals surface area contributed by atoms with E-state index in [0.717, 1.165) is 16.2 Å². The lowest BCUT2D eigenvalue weighted by Gasteiger charge is -2.25. The minimum absolute atomic E-state index is 0.0994. The van der Waals surface area contributed by atoms with Gasteiger partial charge in [0, 0.05) is 4.90 Å². The van der Waals surface area contributed by atoms with Crippen LogP contribution in [-0.4, -0.2) is 18.1 Å². The van der Waals surface area contributed by atoms with E-state index in [1.54, 1.807) is 31.0 Å². The monoisotopic (exact) mass is 287 g/mol. The van der Waals surface area contributed by atoms with Crippen molar-refractivity contribution in [2.75, 3.05) is 7.11 Å². The van der Waals surface area contributed by atoms with Crippen LogP contribution < -0.4 is 10.1 Å². The Kier molecular flexibility index (Phi) is 3.28. The molecule has 3 rings (SSSR count). The van der Waals surface area contributed by atoms with Gasteiger partial charge in [0.1, 0.15) is 16.9 Å². The first-order valence-electron chi connectivity index (χ1n) is 6.12. The molecule has 5 heteroatoms. The summed E-state index contributed by atoms with van der Waals surface area (Å²) >= 11 is 1.55. The summed E-state index contributed by atoms with van der Waals surface area (Å²) in [4.78, 5) is 13.0. The highest BCUT2D eigenvalue weighted by molar-refractivity contribution is 7.99. The number of hydrogen-bond donors (Lipinski definition) is 2. The van der Waals surface area contributed by atoms with Gasteiger partial charge in [-0.1, -0.05) is 23.9 Å². The molecule has 0 saturated heterocycles. The number of ether oxygens (including phenoxy) is 1. The Bertz CT molecular complexity index is 655. The van der Waals surface area contributed by atoms with Crippen molar-refractivity contribution in [1.29, 1.82) is 0 Å². The quantitative estimate of drug-likeness (QED) is 0.891. The second-order valence-corrected chi connectivity index (χ2v) is 5.57. The number of fused-ring (bicyclic) bond motifs is 1. The van der Waals surface area contributed by atoms with Crippen molar-refractivity contribution in [1.82, 2.24) is 5.32 Å². The fourth-order valence-corrected chi connectivity index (χ4v) is 3.22. The zero-order valence-corrected chi connectivity index (χ0v) is 11.6. The minimum atomic E-state index is -0.171. The van der Waals surface area contributed by atoms with Gasteiger partial charge in [0.2, 0.25) is 0 Å². The second-order valence-electron chi connectivity index (χ2n) is 4.42. The average Bonchev–Trinajstić information content (AvgIpc) is 2.48. The van der Waals surface area contributed by atoms with Crippen molar-refractivity contribution < 1.29 is 14.6 Å². The Hall–Kier alpha value is -2.14. The molecule has 1 unspecified atom stereocenters. The van der Waals surface area contributed by atoms with Gasteiger partial charge in [-0.25, -0.2) is 0 Å². The Morgan fingerprint density at radius 2 is 1.95 bits per heavy atom. The SMILES string of the molecule is COc1ccc(C2NC(=O)c3cc(O)ccc3S2)cc1. The Balaban J connectivity index is 1.90. The van der Waals surface area contributed by atoms with Crippen LogP contribution in [0.1, 0.15) is 21.3 Å². The number of benzene rings is 2. The van der Waals surface area contributed by atoms with Crippen LogP contribution in [0, 0.1) is 0 Å². The molecule has 1 atom stereocenters. The smallest absolute Gasteiger partial charge is 0.253 e. The third-order valence-electron chi connectivity index (χ3n) is 3.13. The number of nitrogens with one attached hydrogen (secondary N) is 1. The summed E-state index contributed by atoms with van der Waals surface area (Å²) < 4.78 is 5.13. The number of phenolic OH excluding ortho intramolecular Hbond substituents is 1. The first kappa shape index (κ1) is 12.9. The van der Waals surface area contributed by atoms with Gasteiger partial charge in [0.05, 0.1) is 12.7 Å². The molecule has 1 aliphatic heterocycles. The summed E-state index contributed by atoms with van der Waals surface area (Å²) in [6.07, 6.45) is 0. The lowest BCUT2D eigenvalue weighted by molar-refractivity contribution is 0.0943. The van der Waals surface area contributed by atoms with Crippen molar-refractivity contribution in [3.05, 3.63) is 53.6 Å². The van der Waals surface area contributed by atoms with E-state index in [0.29, 0.717) is 5.56 Å². The number of amides is 1. The number of aromatic hydroxyl groups is 1. The van der Waals surface area contributed by atoms with Crippen molar-refractivity contribution in [2.45, 2.75) is 10.3 Å². The van der Waals surface area contributed by atoms with Crippen LogP contribution in [0.25, 0.3) is 0 Å². The summed E-state index contributed by atoms with van der Waals surface area (Å²) in [6.45, 7) is 0. The maximum absolute atomic E-state index is 12.1. The summed E-state index contributed by atoms with van der Waals surface area (Å²) in [5.74, 6) is 0.712. The van der Waals surface area contributed by atoms with Crippen molar-refractivity contribution >= 4 is 17.7 Å². The van der Waals surface area contributed by atoms with E-state index in [4.69, 9.17) is 4.74 Å². The maximum Gasteiger partial charge on any atom is 0.253 e. The molecule has 4 nitrogen and oxygen atoms in total. The molecule has 102 valence electrons. The topological polar surface area (TPSA) is 58.6 Å². The molecule has 2 N–H and O–H groups in total. The van der Waals surface area contributed by atoms with Crippen molar-refractivity contribution in [2.24, 2.45) is 0 Å². The number of thioether (sulfide) groups is 1. The Morgan fingerprint density at radius 1 is 1.20 bits per heavy atom. The molecule has 0 saturated carbocycles. The fourth-order valence-electron chi connectivity index (χ4n) is 2.08. The lowest BCUT2D eigenvalue weighted by atomic mass is 10.1. The number of carbonyl (C=O) groups excluding carboxylic acids is 1. The summed E-state index contributed by atoms with van der Waals surface area (Å²) in [7, 11) is 1.62. The lowest BCUT2D eigenvalue weighted by Crippen LogP contribution is -2.30. The summed E-state index contributed by atoms with van der Waals surface area (Å²) in [5, 5.41) is 12.2. The molecule has 0 aliphatic carbocycles. The third-order valence-corrected chi connectivity index (χ3v) is 4.37. The van der Waals surface area contributed by atoms with Gasteiger partial charge in [-0.2, -0.15) is 0 Å². The zero-order valence-electron chi connectivity index (χ0n) is 10.8. The van der Waals surface area contributed by atoms with Gasteiger partial charge in [-0.05, 0) is 35.9 Å². The second kappa shape index (κ2) is 5.09. The number of hydrogen-bond acceptors (Lipinski definition) is 4. The van der Waals surface area contributed by atoms with Crippen LogP contribution in [0.5, 0.6) is 11.5 Å². The molecule has 20 heavy (non-hydrogen) atoms. The van der Waals surface area contributed by atoms with Gasteiger partial charge >= 0.3 is 0 Å². The van der Waals surface area contributed by atoms with Crippen LogP contribution in [0.3, 0.4) is 0 Å². The van der Waals surface area contributed by atoms with E-state index in [9.17, 15) is 9.90 Å². The average molecular weight is 287 g/mol. The third kappa shape index (κ3) is 2.32. The molecular weight excluding hydrogens is 274 g/mol. The van der Waals surface area contributed by atoms with E-state index in [2.05, 4.69) is 5.32 Å². The summed E-state index contributed by atoms with van der Waals surface area (Å²) in [5.41, 5.74) is 1.52. The first-order valence-corrected chi connectivity index (χ1v) is 7.00. The van der Waals surface area contributed by atoms with Crippen LogP contribution in [0.15, 0.2) is 47.4 Å². The van der Waals surface area contributed by atoms with E-state index >= 15 is 0 Å². The van der Waals surface area contributed by atoms with Crippen LogP contribution >= 0.6 is 11.8 Å². The van der Waals surface area contributed by atoms with Crippen LogP contribution in [-0.2, 0) is 0 Å². The van der Waals surface area contributed by atoms with E-state index in [1.165, 1.54) is 6.07 Å². The molecule has 2 aromatic rings. The van der Waals surface area contributed by atoms with E-state index < -0.39 is 0 Å². The van der Waals surface area contributed by atoms with Gasteiger partial charge in [-0.3, -0.25) is 4.79 Å². The standard InChI is InChI=1S/C15H13NO3S/c1-19-11-5-2-9(3-6-11)15-16-14(18)12-8-10(17)4-7-13(12)20-15/h2-8,15,17H,1H3,(H,16,18). The fraction of sp³-hybridized carbons (Fsp3) is 0.133. The maximum atomic E-state index is 12.1. The van der Waals surface area contributed by atoms with Crippen molar-refractivity contribution in [3.8, 4) is 11.5 Å². The zero-order chi connectivity index (χ0) is 14.1. The Morgan fingerprint density at radius 3 is 2.65 bits per heavy atom. The van der Waals surface area contributed by atoms with Crippen molar-refractivity contribution in [3.63, 3.8) is 0 Å². The highest BCUT2D eigenvalue weighted by Crippen LogP contribution is 2.40. The highest BCUT2D eigenvalue weighted by atomic mass is 32.2. The van der Waals surface area contributed by atoms with Gasteiger partial charge in [0.15, 0.2) is 0 Å². The van der Waals surface area contributed by atoms with Gasteiger partial charge in [-0.15, -0.1) is 0 Å². The predicted molar refractivity (Wildman–Crippen MR) is 77.2 cm³/mol. The molecule has 0 bridgehead atoms. The first-order chi connectivity index (χ1) is 9.67.